The molecular weight excluding hydrogens is 444 g/mol. The fraction of sp³-hybridized carbons (Fsp3) is 0.407. The van der Waals surface area contributed by atoms with Crippen LogP contribution in [0.3, 0.4) is 0 Å². The van der Waals surface area contributed by atoms with E-state index < -0.39 is 0 Å². The number of imidazole rings is 1. The minimum absolute atomic E-state index is 0.0877. The minimum Gasteiger partial charge on any atom is -0.493 e. The molecule has 0 bridgehead atoms. The highest BCUT2D eigenvalue weighted by molar-refractivity contribution is 7.18. The number of methoxy groups -OCH3 is 2. The second-order valence-electron chi connectivity index (χ2n) is 8.84. The van der Waals surface area contributed by atoms with Gasteiger partial charge in [-0.2, -0.15) is 0 Å². The molecule has 1 atom stereocenters. The van der Waals surface area contributed by atoms with Gasteiger partial charge in [0.15, 0.2) is 11.5 Å². The largest absolute Gasteiger partial charge is 0.493 e. The predicted molar refractivity (Wildman–Crippen MR) is 137 cm³/mol. The van der Waals surface area contributed by atoms with Gasteiger partial charge >= 0.3 is 0 Å². The van der Waals surface area contributed by atoms with Gasteiger partial charge in [-0.3, -0.25) is 0 Å². The molecule has 34 heavy (non-hydrogen) atoms. The van der Waals surface area contributed by atoms with Crippen molar-refractivity contribution in [3.05, 3.63) is 70.8 Å². The summed E-state index contributed by atoms with van der Waals surface area (Å²) in [5, 5.41) is 1.04. The molecule has 4 aromatic rings. The van der Waals surface area contributed by atoms with Crippen molar-refractivity contribution in [2.24, 2.45) is 0 Å². The van der Waals surface area contributed by atoms with Crippen LogP contribution < -0.4 is 9.47 Å². The summed E-state index contributed by atoms with van der Waals surface area (Å²) in [6, 6.07) is 12.6. The van der Waals surface area contributed by atoms with E-state index in [4.69, 9.17) is 19.4 Å². The quantitative estimate of drug-likeness (QED) is 0.326. The smallest absolute Gasteiger partial charge is 0.161 e. The molecule has 6 nitrogen and oxygen atoms in total. The highest BCUT2D eigenvalue weighted by Crippen LogP contribution is 2.37. The van der Waals surface area contributed by atoms with Crippen molar-refractivity contribution >= 4 is 21.6 Å². The number of hydrogen-bond donors (Lipinski definition) is 0. The van der Waals surface area contributed by atoms with Gasteiger partial charge in [-0.25, -0.2) is 9.97 Å². The Kier molecular flexibility index (Phi) is 6.83. The first-order valence-electron chi connectivity index (χ1n) is 12.0. The maximum absolute atomic E-state index is 5.62. The van der Waals surface area contributed by atoms with Crippen molar-refractivity contribution in [1.82, 2.24) is 19.4 Å². The van der Waals surface area contributed by atoms with Gasteiger partial charge in [0.05, 0.1) is 36.5 Å². The third-order valence-electron chi connectivity index (χ3n) is 6.67. The maximum Gasteiger partial charge on any atom is 0.161 e. The molecule has 0 aliphatic carbocycles. The van der Waals surface area contributed by atoms with Crippen LogP contribution in [0, 0.1) is 0 Å². The van der Waals surface area contributed by atoms with Crippen LogP contribution in [0.5, 0.6) is 11.5 Å². The fourth-order valence-corrected chi connectivity index (χ4v) is 5.88. The molecule has 1 fully saturated rings. The Bertz CT molecular complexity index is 1260. The normalized spacial score (nSPS) is 15.1. The first kappa shape index (κ1) is 22.9. The van der Waals surface area contributed by atoms with Gasteiger partial charge in [0.25, 0.3) is 0 Å². The van der Waals surface area contributed by atoms with Crippen molar-refractivity contribution in [1.29, 1.82) is 0 Å². The molecule has 0 amide bonds. The number of fused-ring (bicyclic) bond motifs is 1. The summed E-state index contributed by atoms with van der Waals surface area (Å²) < 4.78 is 14.5. The summed E-state index contributed by atoms with van der Waals surface area (Å²) in [5.74, 6) is 1.44. The zero-order chi connectivity index (χ0) is 23.5. The first-order chi connectivity index (χ1) is 16.7. The molecule has 5 rings (SSSR count). The molecule has 2 aromatic carbocycles. The van der Waals surface area contributed by atoms with E-state index in [1.165, 1.54) is 36.2 Å². The summed E-state index contributed by atoms with van der Waals surface area (Å²) >= 11 is 1.75. The Morgan fingerprint density at radius 2 is 1.85 bits per heavy atom. The summed E-state index contributed by atoms with van der Waals surface area (Å²) in [6.07, 6.45) is 8.74. The lowest BCUT2D eigenvalue weighted by Gasteiger charge is -2.18. The van der Waals surface area contributed by atoms with E-state index in [1.807, 2.05) is 12.4 Å². The van der Waals surface area contributed by atoms with Gasteiger partial charge < -0.3 is 18.9 Å². The molecule has 0 N–H and O–H groups in total. The number of likely N-dealkylation sites (tertiary alicyclic amines) is 1. The van der Waals surface area contributed by atoms with Crippen LogP contribution >= 0.6 is 11.3 Å². The number of thiazole rings is 1. The topological polar surface area (TPSA) is 52.4 Å². The molecule has 1 aliphatic heterocycles. The second kappa shape index (κ2) is 10.2. The zero-order valence-electron chi connectivity index (χ0n) is 20.2. The van der Waals surface area contributed by atoms with Crippen LogP contribution in [-0.2, 0) is 12.8 Å². The second-order valence-corrected chi connectivity index (χ2v) is 9.90. The Morgan fingerprint density at radius 1 is 1.03 bits per heavy atom. The third-order valence-corrected chi connectivity index (χ3v) is 7.74. The Hall–Kier alpha value is -2.90. The standard InChI is InChI=1S/C27H32N4O2S/c1-4-19-7-9-22-25(15-19)34-27(29-22)26(20-8-10-23(32-2)24(16-20)33-3)31-17-21(28-18-31)11-14-30-12-5-6-13-30/h7-10,15-18,26H,4-6,11-14H2,1-3H3. The van der Waals surface area contributed by atoms with Gasteiger partial charge in [0.2, 0.25) is 0 Å². The highest BCUT2D eigenvalue weighted by atomic mass is 32.1. The maximum atomic E-state index is 5.62. The van der Waals surface area contributed by atoms with Gasteiger partial charge in [-0.05, 0) is 67.7 Å². The average molecular weight is 477 g/mol. The van der Waals surface area contributed by atoms with Crippen LogP contribution in [0.25, 0.3) is 10.2 Å². The van der Waals surface area contributed by atoms with E-state index >= 15 is 0 Å². The minimum atomic E-state index is -0.0877. The number of benzene rings is 2. The van der Waals surface area contributed by atoms with Gasteiger partial charge in [0.1, 0.15) is 11.0 Å². The molecule has 0 saturated carbocycles. The van der Waals surface area contributed by atoms with Crippen molar-refractivity contribution in [2.75, 3.05) is 33.9 Å². The summed E-state index contributed by atoms with van der Waals surface area (Å²) in [5.41, 5.74) is 4.58. The first-order valence-corrected chi connectivity index (χ1v) is 12.9. The Labute approximate surface area is 205 Å². The summed E-state index contributed by atoms with van der Waals surface area (Å²) in [7, 11) is 3.34. The SMILES string of the molecule is CCc1ccc2nc(C(c3ccc(OC)c(OC)c3)n3cnc(CCN4CCCC4)c3)sc2c1. The Balaban J connectivity index is 1.52. The van der Waals surface area contributed by atoms with Crippen molar-refractivity contribution < 1.29 is 9.47 Å². The van der Waals surface area contributed by atoms with E-state index in [2.05, 4.69) is 52.9 Å². The molecule has 1 saturated heterocycles. The monoisotopic (exact) mass is 476 g/mol. The lowest BCUT2D eigenvalue weighted by atomic mass is 10.1. The fourth-order valence-electron chi connectivity index (χ4n) is 4.72. The molecular formula is C27H32N4O2S. The molecule has 3 heterocycles. The number of ether oxygens (including phenoxy) is 2. The average Bonchev–Trinajstić information content (AvgIpc) is 3.63. The number of nitrogens with zero attached hydrogens (tertiary/aromatic N) is 4. The Morgan fingerprint density at radius 3 is 2.62 bits per heavy atom. The third kappa shape index (κ3) is 4.68. The molecule has 0 spiro atoms. The van der Waals surface area contributed by atoms with Crippen molar-refractivity contribution in [2.45, 2.75) is 38.6 Å². The van der Waals surface area contributed by atoms with Crippen LogP contribution in [0.15, 0.2) is 48.9 Å². The molecule has 178 valence electrons. The van der Waals surface area contributed by atoms with E-state index in [-0.39, 0.29) is 6.04 Å². The predicted octanol–water partition coefficient (Wildman–Crippen LogP) is 5.35. The summed E-state index contributed by atoms with van der Waals surface area (Å²) in [6.45, 7) is 5.67. The number of rotatable bonds is 9. The van der Waals surface area contributed by atoms with Crippen LogP contribution in [-0.4, -0.2) is 53.3 Å². The van der Waals surface area contributed by atoms with Gasteiger partial charge in [-0.15, -0.1) is 11.3 Å². The number of aryl methyl sites for hydroxylation is 1. The molecule has 1 aliphatic rings. The highest BCUT2D eigenvalue weighted by Gasteiger charge is 2.23. The lowest BCUT2D eigenvalue weighted by molar-refractivity contribution is 0.342. The van der Waals surface area contributed by atoms with Gasteiger partial charge in [-0.1, -0.05) is 19.1 Å². The number of hydrogen-bond acceptors (Lipinski definition) is 6. The van der Waals surface area contributed by atoms with E-state index in [9.17, 15) is 0 Å². The van der Waals surface area contributed by atoms with Gasteiger partial charge in [0, 0.05) is 19.2 Å². The van der Waals surface area contributed by atoms with Crippen molar-refractivity contribution in [3.8, 4) is 11.5 Å². The van der Waals surface area contributed by atoms with Crippen LogP contribution in [0.2, 0.25) is 0 Å². The van der Waals surface area contributed by atoms with E-state index in [0.717, 1.165) is 46.9 Å². The van der Waals surface area contributed by atoms with E-state index in [1.54, 1.807) is 25.6 Å². The van der Waals surface area contributed by atoms with Crippen molar-refractivity contribution in [3.63, 3.8) is 0 Å². The molecule has 2 aromatic heterocycles. The lowest BCUT2D eigenvalue weighted by Crippen LogP contribution is -2.22. The van der Waals surface area contributed by atoms with Crippen LogP contribution in [0.1, 0.15) is 47.6 Å². The molecule has 7 heteroatoms. The summed E-state index contributed by atoms with van der Waals surface area (Å²) in [4.78, 5) is 12.3. The van der Waals surface area contributed by atoms with E-state index in [0.29, 0.717) is 5.75 Å². The van der Waals surface area contributed by atoms with Crippen LogP contribution in [0.4, 0.5) is 0 Å². The zero-order valence-corrected chi connectivity index (χ0v) is 21.0. The molecule has 1 unspecified atom stereocenters. The number of aromatic nitrogens is 3. The molecule has 0 radical (unpaired) electrons.